The predicted molar refractivity (Wildman–Crippen MR) is 215 cm³/mol. The van der Waals surface area contributed by atoms with E-state index in [4.69, 9.17) is 9.57 Å². The first-order chi connectivity index (χ1) is 25.7. The average molecular weight is 711 g/mol. The lowest BCUT2D eigenvalue weighted by molar-refractivity contribution is -0.140. The Hall–Kier alpha value is -5.27. The van der Waals surface area contributed by atoms with E-state index < -0.39 is 5.97 Å². The monoisotopic (exact) mass is 710 g/mol. The van der Waals surface area contributed by atoms with E-state index in [0.29, 0.717) is 41.5 Å². The van der Waals surface area contributed by atoms with E-state index in [0.717, 1.165) is 86.2 Å². The van der Waals surface area contributed by atoms with Crippen molar-refractivity contribution in [3.8, 4) is 5.75 Å². The second-order valence-corrected chi connectivity index (χ2v) is 14.2. The maximum absolute atomic E-state index is 14.7. The third kappa shape index (κ3) is 7.77. The van der Waals surface area contributed by atoms with Gasteiger partial charge in [-0.2, -0.15) is 0 Å². The predicted octanol–water partition coefficient (Wildman–Crippen LogP) is 10.4. The number of oxime groups is 1. The minimum absolute atomic E-state index is 0.00982. The average Bonchev–Trinajstić information content (AvgIpc) is 3.45. The summed E-state index contributed by atoms with van der Waals surface area (Å²) < 4.78 is 8.52. The lowest BCUT2D eigenvalue weighted by Gasteiger charge is -2.19. The molecular weight excluding hydrogens is 661 g/mol. The number of hydrogen-bond donors (Lipinski definition) is 1. The number of aliphatic hydroxyl groups is 1. The van der Waals surface area contributed by atoms with Crippen molar-refractivity contribution in [3.63, 3.8) is 0 Å². The van der Waals surface area contributed by atoms with Crippen LogP contribution in [0.25, 0.3) is 32.6 Å². The number of unbranched alkanes of at least 4 members (excludes halogenated alkanes) is 1. The molecule has 6 rings (SSSR count). The van der Waals surface area contributed by atoms with Crippen molar-refractivity contribution in [2.24, 2.45) is 11.1 Å². The van der Waals surface area contributed by atoms with Gasteiger partial charge in [-0.1, -0.05) is 98.4 Å². The van der Waals surface area contributed by atoms with Crippen LogP contribution in [0.15, 0.2) is 90.1 Å². The van der Waals surface area contributed by atoms with Gasteiger partial charge in [0.15, 0.2) is 5.78 Å². The highest BCUT2D eigenvalue weighted by Gasteiger charge is 2.24. The van der Waals surface area contributed by atoms with Gasteiger partial charge in [0.1, 0.15) is 11.5 Å². The Bertz CT molecular complexity index is 2310. The summed E-state index contributed by atoms with van der Waals surface area (Å²) in [6.07, 6.45) is 4.99. The third-order valence-corrected chi connectivity index (χ3v) is 10.2. The molecule has 1 unspecified atom stereocenters. The van der Waals surface area contributed by atoms with Crippen molar-refractivity contribution in [3.05, 3.63) is 124 Å². The molecule has 7 nitrogen and oxygen atoms in total. The molecule has 0 saturated heterocycles. The molecule has 1 N–H and O–H groups in total. The molecule has 0 aliphatic carbocycles. The van der Waals surface area contributed by atoms with Crippen LogP contribution in [-0.2, 0) is 16.2 Å². The fraction of sp³-hybridized carbons (Fsp3) is 0.326. The van der Waals surface area contributed by atoms with E-state index in [1.807, 2.05) is 50.2 Å². The molecule has 0 spiro atoms. The molecule has 0 saturated carbocycles. The van der Waals surface area contributed by atoms with Crippen LogP contribution in [0.4, 0.5) is 0 Å². The summed E-state index contributed by atoms with van der Waals surface area (Å²) in [5.41, 5.74) is 8.48. The molecule has 0 aliphatic heterocycles. The van der Waals surface area contributed by atoms with E-state index >= 15 is 0 Å². The smallest absolute Gasteiger partial charge is 0.332 e. The zero-order chi connectivity index (χ0) is 37.6. The number of aryl methyl sites for hydroxylation is 3. The van der Waals surface area contributed by atoms with Gasteiger partial charge >= 0.3 is 5.97 Å². The summed E-state index contributed by atoms with van der Waals surface area (Å²) in [4.78, 5) is 32.1. The second kappa shape index (κ2) is 16.6. The molecule has 0 fully saturated rings. The Labute approximate surface area is 312 Å². The van der Waals surface area contributed by atoms with Gasteiger partial charge in [0.2, 0.25) is 0 Å². The molecule has 6 aromatic rings. The Balaban J connectivity index is 1.65. The van der Waals surface area contributed by atoms with Crippen LogP contribution in [0.5, 0.6) is 5.75 Å². The van der Waals surface area contributed by atoms with Crippen LogP contribution in [0.2, 0.25) is 0 Å². The maximum Gasteiger partial charge on any atom is 0.332 e. The number of nitrogens with zero attached hydrogens (tertiary/aromatic N) is 2. The zero-order valence-electron chi connectivity index (χ0n) is 31.8. The van der Waals surface area contributed by atoms with Gasteiger partial charge in [-0.3, -0.25) is 4.79 Å². The van der Waals surface area contributed by atoms with Gasteiger partial charge in [0.25, 0.3) is 0 Å². The number of rotatable bonds is 15. The van der Waals surface area contributed by atoms with Crippen molar-refractivity contribution >= 4 is 50.0 Å². The van der Waals surface area contributed by atoms with Gasteiger partial charge in [-0.15, -0.1) is 0 Å². The van der Waals surface area contributed by atoms with Crippen LogP contribution in [-0.4, -0.2) is 40.4 Å². The number of aromatic nitrogens is 1. The largest absolute Gasteiger partial charge is 0.493 e. The molecule has 1 atom stereocenters. The molecule has 5 aromatic carbocycles. The molecule has 0 bridgehead atoms. The molecule has 0 radical (unpaired) electrons. The van der Waals surface area contributed by atoms with E-state index in [9.17, 15) is 14.7 Å². The van der Waals surface area contributed by atoms with Gasteiger partial charge in [-0.25, -0.2) is 4.79 Å². The maximum atomic E-state index is 14.7. The van der Waals surface area contributed by atoms with Crippen molar-refractivity contribution in [2.45, 2.75) is 80.2 Å². The van der Waals surface area contributed by atoms with Crippen LogP contribution in [0.1, 0.15) is 96.6 Å². The van der Waals surface area contributed by atoms with Crippen LogP contribution < -0.4 is 4.74 Å². The quantitative estimate of drug-likeness (QED) is 0.0377. The number of carbonyl (C=O) groups excluding carboxylic acids is 2. The van der Waals surface area contributed by atoms with Gasteiger partial charge in [0, 0.05) is 70.4 Å². The number of fused-ring (bicyclic) bond motifs is 5. The number of benzene rings is 5. The minimum atomic E-state index is -0.534. The number of carbonyl (C=O) groups is 2. The summed E-state index contributed by atoms with van der Waals surface area (Å²) >= 11 is 0. The van der Waals surface area contributed by atoms with E-state index in [-0.39, 0.29) is 12.4 Å². The van der Waals surface area contributed by atoms with E-state index in [1.54, 1.807) is 0 Å². The fourth-order valence-corrected chi connectivity index (χ4v) is 7.74. The molecular formula is C46H50N2O5. The summed E-state index contributed by atoms with van der Waals surface area (Å²) in [5, 5.41) is 17.7. The van der Waals surface area contributed by atoms with Gasteiger partial charge < -0.3 is 19.2 Å². The van der Waals surface area contributed by atoms with Crippen molar-refractivity contribution in [1.82, 2.24) is 4.57 Å². The molecule has 53 heavy (non-hydrogen) atoms. The zero-order valence-corrected chi connectivity index (χ0v) is 31.8. The normalized spacial score (nSPS) is 12.5. The summed E-state index contributed by atoms with van der Waals surface area (Å²) in [6, 6.07) is 28.3. The molecule has 1 aromatic heterocycles. The summed E-state index contributed by atoms with van der Waals surface area (Å²) in [6.45, 7) is 13.1. The molecule has 274 valence electrons. The van der Waals surface area contributed by atoms with Crippen LogP contribution in [0.3, 0.4) is 0 Å². The Morgan fingerprint density at radius 3 is 2.23 bits per heavy atom. The van der Waals surface area contributed by atoms with E-state index in [1.165, 1.54) is 13.3 Å². The highest BCUT2D eigenvalue weighted by atomic mass is 16.7. The Morgan fingerprint density at radius 1 is 0.811 bits per heavy atom. The number of aliphatic hydroxyl groups excluding tert-OH is 1. The number of hydrogen-bond acceptors (Lipinski definition) is 6. The van der Waals surface area contributed by atoms with Crippen molar-refractivity contribution < 1.29 is 24.3 Å². The van der Waals surface area contributed by atoms with Crippen molar-refractivity contribution in [1.29, 1.82) is 0 Å². The van der Waals surface area contributed by atoms with Crippen LogP contribution in [0, 0.1) is 26.7 Å². The fourth-order valence-electron chi connectivity index (χ4n) is 7.74. The Morgan fingerprint density at radius 2 is 1.53 bits per heavy atom. The Kier molecular flexibility index (Phi) is 11.7. The second-order valence-electron chi connectivity index (χ2n) is 14.2. The molecule has 0 amide bonds. The molecule has 0 aliphatic rings. The lowest BCUT2D eigenvalue weighted by Crippen LogP contribution is -2.11. The first-order valence-electron chi connectivity index (χ1n) is 18.9. The summed E-state index contributed by atoms with van der Waals surface area (Å²) in [7, 11) is 0. The van der Waals surface area contributed by atoms with Crippen molar-refractivity contribution in [2.75, 3.05) is 13.2 Å². The standard InChI is InChI=1S/C46H50N2O5/c1-7-9-15-33(8-2)28-48-41-21-20-34(44(47-53-32(6)50)37-18-12-13-19-42(37)52-23-14-22-49)26-38(41)39-27-40(35-16-10-11-17-36(35)45(39)48)46(51)43-30(4)24-29(3)25-31(43)5/h10-13,16-21,24-27,33,49H,7-9,14-15,22-23,28H2,1-6H3. The topological polar surface area (TPSA) is 90.1 Å². The van der Waals surface area contributed by atoms with E-state index in [2.05, 4.69) is 79.0 Å². The van der Waals surface area contributed by atoms with Crippen LogP contribution >= 0.6 is 0 Å². The number of para-hydroxylation sites is 1. The highest BCUT2D eigenvalue weighted by Crippen LogP contribution is 2.39. The number of ether oxygens (including phenoxy) is 1. The number of ketones is 1. The summed E-state index contributed by atoms with van der Waals surface area (Å²) in [5.74, 6) is 0.526. The van der Waals surface area contributed by atoms with Gasteiger partial charge in [-0.05, 0) is 80.0 Å². The third-order valence-electron chi connectivity index (χ3n) is 10.2. The lowest BCUT2D eigenvalue weighted by atomic mass is 9.89. The minimum Gasteiger partial charge on any atom is -0.493 e. The SMILES string of the molecule is CCCCC(CC)Cn1c2ccc(C(=NOC(C)=O)c3ccccc3OCCCO)cc2c2cc(C(=O)c3c(C)cc(C)cc3C)c3ccccc3c21. The first-order valence-corrected chi connectivity index (χ1v) is 18.9. The molecule has 1 heterocycles. The molecule has 7 heteroatoms. The van der Waals surface area contributed by atoms with Gasteiger partial charge in [0.05, 0.1) is 12.1 Å². The highest BCUT2D eigenvalue weighted by molar-refractivity contribution is 6.27. The first kappa shape index (κ1) is 37.5.